The molecule has 0 atom stereocenters. The summed E-state index contributed by atoms with van der Waals surface area (Å²) >= 11 is 2.21. The average molecular weight is 406 g/mol. The number of hydrogen-bond donors (Lipinski definition) is 1. The van der Waals surface area contributed by atoms with Crippen molar-refractivity contribution >= 4 is 23.8 Å². The molecule has 1 aliphatic rings. The fraction of sp³-hybridized carbons (Fsp3) is 0.478. The predicted molar refractivity (Wildman–Crippen MR) is 118 cm³/mol. The molecule has 2 heterocycles. The molecular formula is C23H31LiN2O4. The maximum absolute atomic E-state index is 12.2. The summed E-state index contributed by atoms with van der Waals surface area (Å²) in [5.74, 6) is 0.509. The second-order valence-electron chi connectivity index (χ2n) is 7.50. The average Bonchev–Trinajstić information content (AvgIpc) is 2.80. The van der Waals surface area contributed by atoms with Gasteiger partial charge in [0.05, 0.1) is 12.7 Å². The molecule has 0 spiro atoms. The van der Waals surface area contributed by atoms with Crippen molar-refractivity contribution in [3.8, 4) is 5.88 Å². The molecule has 0 radical (unpaired) electrons. The maximum atomic E-state index is 12.2. The summed E-state index contributed by atoms with van der Waals surface area (Å²) in [6.07, 6.45) is 4.90. The molecular weight excluding hydrogens is 375 g/mol. The second-order valence-corrected chi connectivity index (χ2v) is 7.50. The van der Waals surface area contributed by atoms with E-state index in [1.807, 2.05) is 36.4 Å². The second kappa shape index (κ2) is 12.6. The summed E-state index contributed by atoms with van der Waals surface area (Å²) < 4.78 is 10.4. The third kappa shape index (κ3) is 7.35. The molecule has 0 unspecified atom stereocenters. The van der Waals surface area contributed by atoms with Gasteiger partial charge in [0.25, 0.3) is 0 Å². The van der Waals surface area contributed by atoms with Gasteiger partial charge >= 0.3 is 48.7 Å². The van der Waals surface area contributed by atoms with Gasteiger partial charge in [-0.3, -0.25) is 0 Å². The number of aliphatic hydroxyl groups is 1. The number of nitrogens with zero attached hydrogens (tertiary/aromatic N) is 2. The molecule has 158 valence electrons. The molecule has 30 heavy (non-hydrogen) atoms. The van der Waals surface area contributed by atoms with E-state index in [1.165, 1.54) is 17.9 Å². The van der Waals surface area contributed by atoms with E-state index < -0.39 is 5.60 Å². The van der Waals surface area contributed by atoms with E-state index in [0.29, 0.717) is 31.8 Å². The van der Waals surface area contributed by atoms with E-state index >= 15 is 0 Å². The van der Waals surface area contributed by atoms with Gasteiger partial charge in [0.15, 0.2) is 0 Å². The molecule has 1 aromatic carbocycles. The molecule has 3 rings (SSSR count). The number of benzene rings is 1. The standard InChI is InChI=1S/C19H22N2O4.C4H9.Li/c1-24-17-8-7-16(13-20-17)19(23)9-11-21(12-10-19)18(22)25-14-15-5-3-2-4-6-15;1-3-4-2;/h2-8,13,23H,9-12,14H2,1H3;1,3-4H2,2H3;. The Hall–Kier alpha value is -2.00. The molecule has 0 saturated carbocycles. The van der Waals surface area contributed by atoms with Crippen molar-refractivity contribution in [3.05, 3.63) is 59.8 Å². The molecule has 1 aliphatic heterocycles. The predicted octanol–water partition coefficient (Wildman–Crippen LogP) is 4.08. The van der Waals surface area contributed by atoms with Crippen LogP contribution >= 0.6 is 0 Å². The molecule has 1 fully saturated rings. The van der Waals surface area contributed by atoms with Crippen LogP contribution in [0.4, 0.5) is 4.79 Å². The first-order chi connectivity index (χ1) is 14.5. The number of piperidine rings is 1. The van der Waals surface area contributed by atoms with Crippen LogP contribution in [0.25, 0.3) is 0 Å². The van der Waals surface area contributed by atoms with Crippen LogP contribution in [0.2, 0.25) is 5.09 Å². The van der Waals surface area contributed by atoms with Crippen molar-refractivity contribution in [1.29, 1.82) is 0 Å². The third-order valence-corrected chi connectivity index (χ3v) is 5.24. The summed E-state index contributed by atoms with van der Waals surface area (Å²) in [7, 11) is 1.55. The van der Waals surface area contributed by atoms with Crippen LogP contribution in [-0.2, 0) is 16.9 Å². The summed E-state index contributed by atoms with van der Waals surface area (Å²) in [5.41, 5.74) is 0.717. The Morgan fingerprint density at radius 3 is 2.40 bits per heavy atom. The number of rotatable bonds is 6. The van der Waals surface area contributed by atoms with Gasteiger partial charge in [-0.25, -0.2) is 9.78 Å². The first-order valence-corrected chi connectivity index (χ1v) is 10.7. The molecule has 1 aromatic heterocycles. The van der Waals surface area contributed by atoms with E-state index in [0.717, 1.165) is 11.1 Å². The SMILES string of the molecule is COc1ccc(C2(O)CCN(C(=O)OCc3ccccc3)CC2)cn1.[Li][CH2]CCC. The normalized spacial score (nSPS) is 15.0. The number of hydrogen-bond acceptors (Lipinski definition) is 5. The number of carbonyl (C=O) groups excluding carboxylic acids is 1. The van der Waals surface area contributed by atoms with Crippen LogP contribution in [-0.4, -0.2) is 59.0 Å². The number of pyridine rings is 1. The fourth-order valence-electron chi connectivity index (χ4n) is 3.29. The Labute approximate surface area is 188 Å². The van der Waals surface area contributed by atoms with Gasteiger partial charge in [-0.1, -0.05) is 30.3 Å². The Kier molecular flexibility index (Phi) is 10.2. The van der Waals surface area contributed by atoms with Gasteiger partial charge < -0.3 is 19.5 Å². The number of aromatic nitrogens is 1. The number of methoxy groups -OCH3 is 1. The van der Waals surface area contributed by atoms with Gasteiger partial charge in [0.1, 0.15) is 6.61 Å². The number of ether oxygens (including phenoxy) is 2. The van der Waals surface area contributed by atoms with Crippen molar-refractivity contribution in [2.45, 2.75) is 49.9 Å². The summed E-state index contributed by atoms with van der Waals surface area (Å²) in [6.45, 7) is 3.35. The van der Waals surface area contributed by atoms with Crippen molar-refractivity contribution in [3.63, 3.8) is 0 Å². The zero-order chi connectivity index (χ0) is 21.8. The molecule has 0 aliphatic carbocycles. The molecule has 6 nitrogen and oxygen atoms in total. The van der Waals surface area contributed by atoms with Gasteiger partial charge in [0, 0.05) is 30.9 Å². The van der Waals surface area contributed by atoms with Crippen LogP contribution in [0.5, 0.6) is 5.88 Å². The topological polar surface area (TPSA) is 71.9 Å². The molecule has 2 aromatic rings. The van der Waals surface area contributed by atoms with Gasteiger partial charge in [-0.2, -0.15) is 0 Å². The quantitative estimate of drug-likeness (QED) is 0.732. The van der Waals surface area contributed by atoms with Gasteiger partial charge in [-0.15, -0.1) is 0 Å². The van der Waals surface area contributed by atoms with Crippen molar-refractivity contribution in [1.82, 2.24) is 9.88 Å². The van der Waals surface area contributed by atoms with Gasteiger partial charge in [-0.05, 0) is 24.5 Å². The van der Waals surface area contributed by atoms with E-state index in [-0.39, 0.29) is 12.7 Å². The third-order valence-electron chi connectivity index (χ3n) is 5.24. The Morgan fingerprint density at radius 1 is 1.20 bits per heavy atom. The number of likely N-dealkylation sites (tertiary alicyclic amines) is 1. The molecule has 1 amide bonds. The zero-order valence-electron chi connectivity index (χ0n) is 18.3. The summed E-state index contributed by atoms with van der Waals surface area (Å²) in [6, 6.07) is 13.1. The molecule has 0 bridgehead atoms. The van der Waals surface area contributed by atoms with E-state index in [1.54, 1.807) is 24.3 Å². The van der Waals surface area contributed by atoms with Crippen LogP contribution in [0.3, 0.4) is 0 Å². The minimum absolute atomic E-state index is 0.253. The van der Waals surface area contributed by atoms with Crippen molar-refractivity contribution in [2.75, 3.05) is 20.2 Å². The first-order valence-electron chi connectivity index (χ1n) is 10.7. The fourth-order valence-corrected chi connectivity index (χ4v) is 3.29. The summed E-state index contributed by atoms with van der Waals surface area (Å²) in [5, 5.41) is 12.2. The van der Waals surface area contributed by atoms with E-state index in [9.17, 15) is 9.90 Å². The van der Waals surface area contributed by atoms with E-state index in [4.69, 9.17) is 9.47 Å². The number of unbranched alkanes of at least 4 members (excludes halogenated alkanes) is 1. The molecule has 1 saturated heterocycles. The number of amides is 1. The zero-order valence-corrected chi connectivity index (χ0v) is 18.3. The van der Waals surface area contributed by atoms with Gasteiger partial charge in [0.2, 0.25) is 5.88 Å². The van der Waals surface area contributed by atoms with Crippen molar-refractivity contribution < 1.29 is 19.4 Å². The Balaban J connectivity index is 0.000000575. The summed E-state index contributed by atoms with van der Waals surface area (Å²) in [4.78, 5) is 18.0. The monoisotopic (exact) mass is 406 g/mol. The molecule has 7 heteroatoms. The molecule has 1 N–H and O–H groups in total. The number of carbonyl (C=O) groups is 1. The minimum atomic E-state index is -0.977. The Morgan fingerprint density at radius 2 is 1.90 bits per heavy atom. The van der Waals surface area contributed by atoms with Crippen molar-refractivity contribution in [2.24, 2.45) is 0 Å². The first kappa shape index (κ1) is 24.3. The van der Waals surface area contributed by atoms with Crippen LogP contribution in [0.15, 0.2) is 48.7 Å². The van der Waals surface area contributed by atoms with Crippen LogP contribution < -0.4 is 4.74 Å². The van der Waals surface area contributed by atoms with Crippen LogP contribution in [0, 0.1) is 0 Å². The Bertz CT molecular complexity index is 746. The van der Waals surface area contributed by atoms with Crippen LogP contribution in [0.1, 0.15) is 43.7 Å². The van der Waals surface area contributed by atoms with E-state index in [2.05, 4.69) is 29.6 Å².